The number of carboxylic acid groups (broad SMARTS) is 2. The van der Waals surface area contributed by atoms with E-state index in [1.54, 1.807) is 0 Å². The van der Waals surface area contributed by atoms with Gasteiger partial charge in [-0.15, -0.1) is 0 Å². The number of carbonyl (C=O) groups is 4. The normalized spacial score (nSPS) is 14.4. The summed E-state index contributed by atoms with van der Waals surface area (Å²) in [5.74, 6) is -2.20. The van der Waals surface area contributed by atoms with Gasteiger partial charge >= 0.3 is 11.9 Å². The van der Waals surface area contributed by atoms with E-state index in [2.05, 4.69) is 17.4 Å². The van der Waals surface area contributed by atoms with E-state index >= 15 is 0 Å². The van der Waals surface area contributed by atoms with Crippen LogP contribution in [0, 0.1) is 13.8 Å². The number of carbonyl (C=O) groups excluding carboxylic acids is 2. The van der Waals surface area contributed by atoms with Crippen LogP contribution >= 0.6 is 0 Å². The van der Waals surface area contributed by atoms with Gasteiger partial charge in [-0.2, -0.15) is 0 Å². The van der Waals surface area contributed by atoms with E-state index in [0.717, 1.165) is 55.9 Å². The summed E-state index contributed by atoms with van der Waals surface area (Å²) in [6, 6.07) is 23.6. The van der Waals surface area contributed by atoms with Crippen LogP contribution in [0.3, 0.4) is 0 Å². The fourth-order valence-corrected chi connectivity index (χ4v) is 7.79. The lowest BCUT2D eigenvalue weighted by Crippen LogP contribution is -2.30. The van der Waals surface area contributed by atoms with Crippen LogP contribution < -0.4 is 15.1 Å². The fraction of sp³-hybridized carbons (Fsp3) is 0.349. The molecule has 11 nitrogen and oxygen atoms in total. The quantitative estimate of drug-likeness (QED) is 0.107. The lowest BCUT2D eigenvalue weighted by atomic mass is 9.93. The summed E-state index contributed by atoms with van der Waals surface area (Å²) in [4.78, 5) is 53.2. The van der Waals surface area contributed by atoms with Gasteiger partial charge in [0.1, 0.15) is 0 Å². The average molecular weight is 734 g/mol. The van der Waals surface area contributed by atoms with Gasteiger partial charge in [0.25, 0.3) is 11.8 Å². The minimum Gasteiger partial charge on any atom is -0.481 e. The first-order valence-electron chi connectivity index (χ1n) is 18.5. The Hall–Kier alpha value is -5.36. The number of rotatable bonds is 15. The molecule has 2 atom stereocenters. The van der Waals surface area contributed by atoms with Crippen molar-refractivity contribution in [1.29, 1.82) is 0 Å². The minimum atomic E-state index is -1.05. The zero-order chi connectivity index (χ0) is 38.5. The molecule has 2 aliphatic rings. The fourth-order valence-electron chi connectivity index (χ4n) is 7.79. The standard InChI is InChI=1S/C43H47N3O8/c1-26-20-28(6-3-7-30(47)22-40(49)50)12-14-32(26)42(53)45-18-16-36-34(8-4-10-38(36)45)35-9-5-11-39-37(35)17-19-46(39)43(54)33-15-13-29(21-27(33)2)24-44-25-31(48)23-41(51)52/h4-5,8-15,20-21,30-31,44,47-48H,3,6-7,16-19,22-25H2,1-2H3,(H,49,50)(H,51,52)/t30-,31+/m1/s1. The molecular weight excluding hydrogens is 686 g/mol. The predicted octanol–water partition coefficient (Wildman–Crippen LogP) is 5.46. The Morgan fingerprint density at radius 3 is 1.70 bits per heavy atom. The van der Waals surface area contributed by atoms with Crippen LogP contribution in [-0.4, -0.2) is 76.0 Å². The molecule has 11 heteroatoms. The summed E-state index contributed by atoms with van der Waals surface area (Å²) in [6.45, 7) is 5.52. The highest BCUT2D eigenvalue weighted by Gasteiger charge is 2.32. The van der Waals surface area contributed by atoms with Crippen LogP contribution in [0.25, 0.3) is 11.1 Å². The molecule has 2 amide bonds. The Morgan fingerprint density at radius 1 is 0.685 bits per heavy atom. The van der Waals surface area contributed by atoms with E-state index in [1.807, 2.05) is 84.3 Å². The number of aliphatic carboxylic acids is 2. The number of aryl methyl sites for hydroxylation is 3. The second-order valence-electron chi connectivity index (χ2n) is 14.3. The number of benzene rings is 4. The topological polar surface area (TPSA) is 168 Å². The molecule has 5 N–H and O–H groups in total. The molecule has 0 aliphatic carbocycles. The minimum absolute atomic E-state index is 0.0603. The molecule has 282 valence electrons. The second kappa shape index (κ2) is 16.8. The lowest BCUT2D eigenvalue weighted by Gasteiger charge is -2.21. The molecule has 0 saturated heterocycles. The Balaban J connectivity index is 1.15. The van der Waals surface area contributed by atoms with Crippen LogP contribution in [-0.2, 0) is 35.4 Å². The van der Waals surface area contributed by atoms with Crippen LogP contribution in [0.4, 0.5) is 11.4 Å². The molecule has 0 spiro atoms. The second-order valence-corrected chi connectivity index (χ2v) is 14.3. The molecule has 0 fully saturated rings. The van der Waals surface area contributed by atoms with Gasteiger partial charge in [-0.1, -0.05) is 48.5 Å². The van der Waals surface area contributed by atoms with E-state index in [4.69, 9.17) is 10.2 Å². The smallest absolute Gasteiger partial charge is 0.306 e. The molecular formula is C43H47N3O8. The number of hydrogen-bond acceptors (Lipinski definition) is 7. The van der Waals surface area contributed by atoms with Gasteiger partial charge in [0, 0.05) is 48.7 Å². The summed E-state index contributed by atoms with van der Waals surface area (Å²) < 4.78 is 0. The van der Waals surface area contributed by atoms with Crippen LogP contribution in [0.2, 0.25) is 0 Å². The van der Waals surface area contributed by atoms with E-state index in [1.165, 1.54) is 0 Å². The van der Waals surface area contributed by atoms with E-state index < -0.39 is 24.1 Å². The van der Waals surface area contributed by atoms with Gasteiger partial charge < -0.3 is 35.5 Å². The molecule has 2 aliphatic heterocycles. The van der Waals surface area contributed by atoms with Gasteiger partial charge in [0.05, 0.1) is 25.0 Å². The van der Waals surface area contributed by atoms with Crippen molar-refractivity contribution in [2.24, 2.45) is 0 Å². The number of fused-ring (bicyclic) bond motifs is 2. The highest BCUT2D eigenvalue weighted by Crippen LogP contribution is 2.42. The molecule has 0 radical (unpaired) electrons. The van der Waals surface area contributed by atoms with Gasteiger partial charge in [0.15, 0.2) is 0 Å². The molecule has 4 aromatic carbocycles. The molecule has 0 aromatic heterocycles. The zero-order valence-corrected chi connectivity index (χ0v) is 30.7. The Labute approximate surface area is 314 Å². The Morgan fingerprint density at radius 2 is 1.19 bits per heavy atom. The number of carboxylic acids is 2. The number of aliphatic hydroxyl groups excluding tert-OH is 2. The van der Waals surface area contributed by atoms with Crippen LogP contribution in [0.15, 0.2) is 72.8 Å². The van der Waals surface area contributed by atoms with Crippen LogP contribution in [0.5, 0.6) is 0 Å². The van der Waals surface area contributed by atoms with Crippen molar-refractivity contribution >= 4 is 35.1 Å². The number of anilines is 2. The molecule has 2 heterocycles. The average Bonchev–Trinajstić information content (AvgIpc) is 3.76. The molecule has 6 rings (SSSR count). The van der Waals surface area contributed by atoms with E-state index in [-0.39, 0.29) is 31.2 Å². The lowest BCUT2D eigenvalue weighted by molar-refractivity contribution is -0.140. The van der Waals surface area contributed by atoms with Gasteiger partial charge in [-0.3, -0.25) is 19.2 Å². The number of hydrogen-bond donors (Lipinski definition) is 5. The number of nitrogens with one attached hydrogen (secondary N) is 1. The monoisotopic (exact) mass is 733 g/mol. The van der Waals surface area contributed by atoms with Crippen molar-refractivity contribution in [1.82, 2.24) is 5.32 Å². The highest BCUT2D eigenvalue weighted by atomic mass is 16.4. The van der Waals surface area contributed by atoms with Gasteiger partial charge in [-0.05, 0) is 115 Å². The first-order chi connectivity index (χ1) is 25.9. The molecule has 54 heavy (non-hydrogen) atoms. The Kier molecular flexibility index (Phi) is 11.9. The third kappa shape index (κ3) is 8.54. The zero-order valence-electron chi connectivity index (χ0n) is 30.7. The van der Waals surface area contributed by atoms with Crippen molar-refractivity contribution < 1.29 is 39.6 Å². The third-order valence-electron chi connectivity index (χ3n) is 10.4. The summed E-state index contributed by atoms with van der Waals surface area (Å²) >= 11 is 0. The van der Waals surface area contributed by atoms with Gasteiger partial charge in [0.2, 0.25) is 0 Å². The van der Waals surface area contributed by atoms with Crippen LogP contribution in [0.1, 0.15) is 79.8 Å². The predicted molar refractivity (Wildman–Crippen MR) is 206 cm³/mol. The maximum Gasteiger partial charge on any atom is 0.306 e. The summed E-state index contributed by atoms with van der Waals surface area (Å²) in [5, 5.41) is 40.5. The van der Waals surface area contributed by atoms with E-state index in [9.17, 15) is 29.4 Å². The molecule has 0 saturated carbocycles. The molecule has 0 unspecified atom stereocenters. The maximum atomic E-state index is 14.0. The van der Waals surface area contributed by atoms with Crippen molar-refractivity contribution in [3.05, 3.63) is 117 Å². The maximum absolute atomic E-state index is 14.0. The Bertz CT molecular complexity index is 1930. The third-order valence-corrected chi connectivity index (χ3v) is 10.4. The SMILES string of the molecule is Cc1cc(CCC[C@@H](O)CC(=O)O)ccc1C(=O)N1CCc2c(-c3cccc4c3CCN4C(=O)c3ccc(CNC[C@@H](O)CC(=O)O)cc3C)cccc21. The van der Waals surface area contributed by atoms with Crippen molar-refractivity contribution in [3.8, 4) is 11.1 Å². The summed E-state index contributed by atoms with van der Waals surface area (Å²) in [6.07, 6.45) is 0.708. The largest absolute Gasteiger partial charge is 0.481 e. The highest BCUT2D eigenvalue weighted by molar-refractivity contribution is 6.10. The number of nitrogens with zero attached hydrogens (tertiary/aromatic N) is 2. The number of aliphatic hydroxyl groups is 2. The van der Waals surface area contributed by atoms with Crippen molar-refractivity contribution in [2.75, 3.05) is 29.4 Å². The summed E-state index contributed by atoms with van der Waals surface area (Å²) in [5.41, 5.74) is 11.0. The number of amides is 2. The van der Waals surface area contributed by atoms with Crippen molar-refractivity contribution in [3.63, 3.8) is 0 Å². The molecule has 0 bridgehead atoms. The molecule has 4 aromatic rings. The van der Waals surface area contributed by atoms with Crippen molar-refractivity contribution in [2.45, 2.75) is 77.5 Å². The first-order valence-corrected chi connectivity index (χ1v) is 18.5. The van der Waals surface area contributed by atoms with Gasteiger partial charge in [-0.25, -0.2) is 0 Å². The first kappa shape index (κ1) is 38.4. The summed E-state index contributed by atoms with van der Waals surface area (Å²) in [7, 11) is 0. The van der Waals surface area contributed by atoms with E-state index in [0.29, 0.717) is 62.9 Å².